The molecule has 0 aromatic heterocycles. The summed E-state index contributed by atoms with van der Waals surface area (Å²) in [4.78, 5) is 11.2. The Morgan fingerprint density at radius 2 is 1.90 bits per heavy atom. The van der Waals surface area contributed by atoms with Gasteiger partial charge < -0.3 is 9.47 Å². The summed E-state index contributed by atoms with van der Waals surface area (Å²) in [5, 5.41) is 10.7. The molecule has 5 nitrogen and oxygen atoms in total. The van der Waals surface area contributed by atoms with Gasteiger partial charge in [0, 0.05) is 13.0 Å². The fourth-order valence-corrected chi connectivity index (χ4v) is 2.94. The lowest BCUT2D eigenvalue weighted by molar-refractivity contribution is -0.422. The molecule has 0 saturated carbocycles. The van der Waals surface area contributed by atoms with Gasteiger partial charge in [-0.25, -0.2) is 0 Å². The van der Waals surface area contributed by atoms with Crippen molar-refractivity contribution >= 4 is 17.8 Å². The number of hydrogen-bond acceptors (Lipinski definition) is 5. The minimum absolute atomic E-state index is 0.0745. The van der Waals surface area contributed by atoms with Gasteiger partial charge in [-0.1, -0.05) is 13.3 Å². The van der Waals surface area contributed by atoms with E-state index in [4.69, 9.17) is 9.47 Å². The minimum Gasteiger partial charge on any atom is -0.495 e. The average Bonchev–Trinajstić information content (AvgIpc) is 2.47. The molecule has 0 bridgehead atoms. The van der Waals surface area contributed by atoms with Crippen molar-refractivity contribution in [2.75, 3.05) is 20.0 Å². The highest BCUT2D eigenvalue weighted by atomic mass is 32.2. The molecule has 0 heterocycles. The van der Waals surface area contributed by atoms with Gasteiger partial charge in [-0.15, -0.1) is 11.8 Å². The van der Waals surface area contributed by atoms with E-state index in [9.17, 15) is 10.1 Å². The van der Waals surface area contributed by atoms with E-state index in [-0.39, 0.29) is 5.70 Å². The van der Waals surface area contributed by atoms with Crippen LogP contribution in [0.2, 0.25) is 0 Å². The molecule has 1 rings (SSSR count). The third-order valence-electron chi connectivity index (χ3n) is 2.89. The van der Waals surface area contributed by atoms with Crippen molar-refractivity contribution in [1.82, 2.24) is 0 Å². The van der Waals surface area contributed by atoms with Gasteiger partial charge in [0.15, 0.2) is 0 Å². The zero-order chi connectivity index (χ0) is 15.8. The van der Waals surface area contributed by atoms with Crippen LogP contribution in [0.15, 0.2) is 22.7 Å². The van der Waals surface area contributed by atoms with E-state index in [0.29, 0.717) is 17.1 Å². The van der Waals surface area contributed by atoms with Gasteiger partial charge in [0.25, 0.3) is 0 Å². The molecule has 0 amide bonds. The minimum atomic E-state index is -0.414. The summed E-state index contributed by atoms with van der Waals surface area (Å²) in [6.45, 7) is 3.60. The number of unbranched alkanes of at least 4 members (excludes halogenated alkanes) is 1. The maximum absolute atomic E-state index is 10.7. The summed E-state index contributed by atoms with van der Waals surface area (Å²) in [5.74, 6) is 2.34. The molecule has 0 N–H and O–H groups in total. The Kier molecular flexibility index (Phi) is 7.08. The van der Waals surface area contributed by atoms with Gasteiger partial charge in [0.05, 0.1) is 24.0 Å². The summed E-state index contributed by atoms with van der Waals surface area (Å²) >= 11 is 1.68. The Balaban J connectivity index is 3.17. The highest BCUT2D eigenvalue weighted by molar-refractivity contribution is 7.99. The second-order valence-electron chi connectivity index (χ2n) is 4.50. The molecule has 116 valence electrons. The molecule has 21 heavy (non-hydrogen) atoms. The molecule has 0 unspecified atom stereocenters. The lowest BCUT2D eigenvalue weighted by atomic mass is 10.1. The number of rotatable bonds is 8. The van der Waals surface area contributed by atoms with Crippen LogP contribution in [0.1, 0.15) is 32.3 Å². The summed E-state index contributed by atoms with van der Waals surface area (Å²) in [6, 6.07) is 3.59. The Labute approximate surface area is 129 Å². The fraction of sp³-hybridized carbons (Fsp3) is 0.467. The second-order valence-corrected chi connectivity index (χ2v) is 5.60. The number of methoxy groups -OCH3 is 2. The van der Waals surface area contributed by atoms with Crippen LogP contribution >= 0.6 is 11.8 Å². The van der Waals surface area contributed by atoms with Crippen molar-refractivity contribution in [2.45, 2.75) is 31.6 Å². The molecule has 0 atom stereocenters. The normalized spacial score (nSPS) is 11.3. The predicted octanol–water partition coefficient (Wildman–Crippen LogP) is 4.23. The molecule has 0 radical (unpaired) electrons. The molecular weight excluding hydrogens is 290 g/mol. The van der Waals surface area contributed by atoms with Crippen LogP contribution in [0.4, 0.5) is 0 Å². The van der Waals surface area contributed by atoms with Crippen molar-refractivity contribution in [3.8, 4) is 11.5 Å². The van der Waals surface area contributed by atoms with Crippen molar-refractivity contribution < 1.29 is 14.4 Å². The molecule has 1 aromatic rings. The molecule has 0 aliphatic carbocycles. The molecule has 0 aliphatic heterocycles. The third kappa shape index (κ3) is 4.97. The van der Waals surface area contributed by atoms with E-state index in [1.165, 1.54) is 13.0 Å². The summed E-state index contributed by atoms with van der Waals surface area (Å²) in [7, 11) is 3.18. The monoisotopic (exact) mass is 311 g/mol. The first kappa shape index (κ1) is 17.4. The summed E-state index contributed by atoms with van der Waals surface area (Å²) < 4.78 is 10.8. The Morgan fingerprint density at radius 1 is 1.33 bits per heavy atom. The van der Waals surface area contributed by atoms with E-state index >= 15 is 0 Å². The van der Waals surface area contributed by atoms with Crippen LogP contribution in [0.5, 0.6) is 11.5 Å². The lowest BCUT2D eigenvalue weighted by Gasteiger charge is -2.13. The van der Waals surface area contributed by atoms with Crippen LogP contribution in [0.3, 0.4) is 0 Å². The molecule has 0 aliphatic rings. The number of nitro groups is 1. The quantitative estimate of drug-likeness (QED) is 0.311. The molecule has 0 saturated heterocycles. The smallest absolute Gasteiger partial charge is 0.243 e. The van der Waals surface area contributed by atoms with E-state index < -0.39 is 4.92 Å². The fourth-order valence-electron chi connectivity index (χ4n) is 1.74. The van der Waals surface area contributed by atoms with Crippen molar-refractivity contribution in [1.29, 1.82) is 0 Å². The van der Waals surface area contributed by atoms with E-state index in [2.05, 4.69) is 6.92 Å². The first-order valence-electron chi connectivity index (χ1n) is 6.75. The molecular formula is C15H21NO4S. The largest absolute Gasteiger partial charge is 0.495 e. The van der Waals surface area contributed by atoms with Gasteiger partial charge >= 0.3 is 0 Å². The van der Waals surface area contributed by atoms with Crippen LogP contribution in [-0.2, 0) is 0 Å². The Bertz CT molecular complexity index is 503. The molecule has 0 spiro atoms. The van der Waals surface area contributed by atoms with Crippen LogP contribution in [0, 0.1) is 10.1 Å². The van der Waals surface area contributed by atoms with Gasteiger partial charge in [-0.3, -0.25) is 10.1 Å². The van der Waals surface area contributed by atoms with Crippen molar-refractivity contribution in [3.05, 3.63) is 33.5 Å². The zero-order valence-corrected chi connectivity index (χ0v) is 13.7. The highest BCUT2D eigenvalue weighted by Crippen LogP contribution is 2.39. The molecule has 0 fully saturated rings. The third-order valence-corrected chi connectivity index (χ3v) is 4.07. The number of nitrogens with zero attached hydrogens (tertiary/aromatic N) is 1. The SMILES string of the molecule is CCCCSc1c(OC)cc(C=C(C)[N+](=O)[O-])cc1OC. The van der Waals surface area contributed by atoms with Gasteiger partial charge in [-0.05, 0) is 29.9 Å². The van der Waals surface area contributed by atoms with Crippen LogP contribution in [0.25, 0.3) is 6.08 Å². The Hall–Kier alpha value is -1.69. The van der Waals surface area contributed by atoms with Crippen LogP contribution < -0.4 is 9.47 Å². The number of ether oxygens (including phenoxy) is 2. The first-order valence-corrected chi connectivity index (χ1v) is 7.73. The van der Waals surface area contributed by atoms with Crippen molar-refractivity contribution in [3.63, 3.8) is 0 Å². The second kappa shape index (κ2) is 8.56. The number of benzene rings is 1. The van der Waals surface area contributed by atoms with Gasteiger partial charge in [-0.2, -0.15) is 0 Å². The lowest BCUT2D eigenvalue weighted by Crippen LogP contribution is -1.96. The average molecular weight is 311 g/mol. The summed E-state index contributed by atoms with van der Waals surface area (Å²) in [5.41, 5.74) is 0.767. The standard InChI is InChI=1S/C15H21NO4S/c1-5-6-7-21-15-13(19-3)9-12(10-14(15)20-4)8-11(2)16(17)18/h8-10H,5-7H2,1-4H3. The van der Waals surface area contributed by atoms with Crippen LogP contribution in [-0.4, -0.2) is 24.9 Å². The topological polar surface area (TPSA) is 61.6 Å². The predicted molar refractivity (Wildman–Crippen MR) is 85.8 cm³/mol. The van der Waals surface area contributed by atoms with Crippen molar-refractivity contribution in [2.24, 2.45) is 0 Å². The first-order chi connectivity index (χ1) is 10.0. The number of thioether (sulfide) groups is 1. The molecule has 1 aromatic carbocycles. The Morgan fingerprint density at radius 3 is 2.33 bits per heavy atom. The van der Waals surface area contributed by atoms with Gasteiger partial charge in [0.1, 0.15) is 11.5 Å². The maximum Gasteiger partial charge on any atom is 0.243 e. The highest BCUT2D eigenvalue weighted by Gasteiger charge is 2.13. The molecule has 6 heteroatoms. The maximum atomic E-state index is 10.7. The number of allylic oxidation sites excluding steroid dienone is 1. The van der Waals surface area contributed by atoms with Gasteiger partial charge in [0.2, 0.25) is 5.70 Å². The van der Waals surface area contributed by atoms with E-state index in [0.717, 1.165) is 23.5 Å². The van der Waals surface area contributed by atoms with E-state index in [1.54, 1.807) is 38.1 Å². The number of hydrogen-bond donors (Lipinski definition) is 0. The summed E-state index contributed by atoms with van der Waals surface area (Å²) in [6.07, 6.45) is 3.74. The van der Waals surface area contributed by atoms with E-state index in [1.807, 2.05) is 0 Å². The zero-order valence-electron chi connectivity index (χ0n) is 12.8.